The third-order valence-electron chi connectivity index (χ3n) is 1.06. The van der Waals surface area contributed by atoms with E-state index in [9.17, 15) is 8.78 Å². The Bertz CT molecular complexity index is 67.9. The molecule has 0 saturated carbocycles. The molecule has 0 aromatic carbocycles. The van der Waals surface area contributed by atoms with Crippen molar-refractivity contribution in [2.45, 2.75) is 38.0 Å². The van der Waals surface area contributed by atoms with Gasteiger partial charge >= 0.3 is 5.38 Å². The fourth-order valence-electron chi connectivity index (χ4n) is 0.575. The van der Waals surface area contributed by atoms with E-state index in [0.29, 0.717) is 6.42 Å². The van der Waals surface area contributed by atoms with Gasteiger partial charge in [-0.2, -0.15) is 8.78 Å². The van der Waals surface area contributed by atoms with Gasteiger partial charge in [0.1, 0.15) is 0 Å². The normalized spacial score (nSPS) is 12.0. The summed E-state index contributed by atoms with van der Waals surface area (Å²) in [6.07, 6.45) is 2.12. The van der Waals surface area contributed by atoms with E-state index in [2.05, 4.69) is 11.6 Å². The van der Waals surface area contributed by atoms with E-state index in [1.165, 1.54) is 0 Å². The van der Waals surface area contributed by atoms with Crippen LogP contribution in [-0.4, -0.2) is 5.38 Å². The Kier molecular flexibility index (Phi) is 4.11. The van der Waals surface area contributed by atoms with Crippen molar-refractivity contribution < 1.29 is 8.78 Å². The molecule has 56 valence electrons. The van der Waals surface area contributed by atoms with Crippen molar-refractivity contribution in [1.82, 2.24) is 0 Å². The van der Waals surface area contributed by atoms with Crippen molar-refractivity contribution in [1.29, 1.82) is 0 Å². The molecule has 0 fully saturated rings. The van der Waals surface area contributed by atoms with Gasteiger partial charge < -0.3 is 0 Å². The average molecular weight is 157 g/mol. The van der Waals surface area contributed by atoms with E-state index in [1.54, 1.807) is 0 Å². The molecular formula is C6H11ClF2. The number of unbranched alkanes of at least 4 members (excludes halogenated alkanes) is 2. The number of hydrogen-bond donors (Lipinski definition) is 0. The van der Waals surface area contributed by atoms with E-state index in [-0.39, 0.29) is 6.42 Å². The minimum atomic E-state index is -2.98. The summed E-state index contributed by atoms with van der Waals surface area (Å²) in [6, 6.07) is 0. The molecule has 0 atom stereocenters. The topological polar surface area (TPSA) is 0 Å². The minimum Gasteiger partial charge on any atom is -0.188 e. The molecule has 0 aliphatic rings. The van der Waals surface area contributed by atoms with Crippen LogP contribution in [0.3, 0.4) is 0 Å². The van der Waals surface area contributed by atoms with Gasteiger partial charge in [-0.05, 0) is 18.0 Å². The monoisotopic (exact) mass is 156 g/mol. The molecule has 0 aliphatic carbocycles. The largest absolute Gasteiger partial charge is 0.321 e. The summed E-state index contributed by atoms with van der Waals surface area (Å²) in [6.45, 7) is 1.96. The smallest absolute Gasteiger partial charge is 0.188 e. The second-order valence-corrected chi connectivity index (χ2v) is 2.63. The standard InChI is InChI=1S/C6H11ClF2/c1-2-3-4-5-6(7,8)9/h2-5H2,1H3. The maximum absolute atomic E-state index is 11.8. The molecule has 0 radical (unpaired) electrons. The van der Waals surface area contributed by atoms with Crippen LogP contribution in [0.2, 0.25) is 0 Å². The van der Waals surface area contributed by atoms with Gasteiger partial charge in [0.25, 0.3) is 0 Å². The summed E-state index contributed by atoms with van der Waals surface area (Å²) in [7, 11) is 0. The predicted octanol–water partition coefficient (Wildman–Crippen LogP) is 3.40. The molecule has 9 heavy (non-hydrogen) atoms. The van der Waals surface area contributed by atoms with E-state index in [0.717, 1.165) is 12.8 Å². The molecule has 0 aliphatic heterocycles. The fraction of sp³-hybridized carbons (Fsp3) is 1.00. The number of rotatable bonds is 4. The quantitative estimate of drug-likeness (QED) is 0.432. The molecule has 0 saturated heterocycles. The lowest BCUT2D eigenvalue weighted by Gasteiger charge is -2.04. The van der Waals surface area contributed by atoms with Crippen LogP contribution in [-0.2, 0) is 0 Å². The van der Waals surface area contributed by atoms with Gasteiger partial charge in [-0.1, -0.05) is 19.8 Å². The van der Waals surface area contributed by atoms with Crippen LogP contribution in [0.25, 0.3) is 0 Å². The molecule has 0 nitrogen and oxygen atoms in total. The Morgan fingerprint density at radius 1 is 1.33 bits per heavy atom. The summed E-state index contributed by atoms with van der Waals surface area (Å²) >= 11 is 4.64. The van der Waals surface area contributed by atoms with Gasteiger partial charge in [0.05, 0.1) is 0 Å². The van der Waals surface area contributed by atoms with Gasteiger partial charge in [-0.25, -0.2) is 0 Å². The fourth-order valence-corrected chi connectivity index (χ4v) is 0.709. The summed E-state index contributed by atoms with van der Waals surface area (Å²) in [5.74, 6) is 0. The van der Waals surface area contributed by atoms with Crippen molar-refractivity contribution in [2.24, 2.45) is 0 Å². The zero-order chi connectivity index (χ0) is 7.33. The molecule has 0 aromatic heterocycles. The average Bonchev–Trinajstić information content (AvgIpc) is 1.63. The zero-order valence-electron chi connectivity index (χ0n) is 5.46. The molecule has 0 spiro atoms. The number of hydrogen-bond acceptors (Lipinski definition) is 0. The van der Waals surface area contributed by atoms with E-state index in [1.807, 2.05) is 6.92 Å². The molecule has 0 rings (SSSR count). The van der Waals surface area contributed by atoms with Crippen molar-refractivity contribution in [3.8, 4) is 0 Å². The van der Waals surface area contributed by atoms with Gasteiger partial charge in [0.15, 0.2) is 0 Å². The molecule has 0 unspecified atom stereocenters. The van der Waals surface area contributed by atoms with Crippen molar-refractivity contribution in [3.63, 3.8) is 0 Å². The number of halogens is 3. The van der Waals surface area contributed by atoms with E-state index >= 15 is 0 Å². The third kappa shape index (κ3) is 8.15. The van der Waals surface area contributed by atoms with Crippen LogP contribution in [0.5, 0.6) is 0 Å². The first-order chi connectivity index (χ1) is 4.06. The molecule has 0 heterocycles. The summed E-state index contributed by atoms with van der Waals surface area (Å²) in [5, 5.41) is -2.98. The van der Waals surface area contributed by atoms with Gasteiger partial charge in [-0.15, -0.1) is 0 Å². The SMILES string of the molecule is CCCCCC(F)(F)Cl. The minimum absolute atomic E-state index is 0.192. The lowest BCUT2D eigenvalue weighted by atomic mass is 10.2. The van der Waals surface area contributed by atoms with Crippen LogP contribution in [0, 0.1) is 0 Å². The first-order valence-corrected chi connectivity index (χ1v) is 3.51. The van der Waals surface area contributed by atoms with Crippen LogP contribution < -0.4 is 0 Å². The van der Waals surface area contributed by atoms with Gasteiger partial charge in [-0.3, -0.25) is 0 Å². The summed E-state index contributed by atoms with van der Waals surface area (Å²) in [4.78, 5) is 0. The van der Waals surface area contributed by atoms with Crippen LogP contribution in [0.15, 0.2) is 0 Å². The Morgan fingerprint density at radius 2 is 1.89 bits per heavy atom. The highest BCUT2D eigenvalue weighted by molar-refractivity contribution is 6.21. The van der Waals surface area contributed by atoms with Crippen molar-refractivity contribution >= 4 is 11.6 Å². The Labute approximate surface area is 59.2 Å². The van der Waals surface area contributed by atoms with E-state index in [4.69, 9.17) is 0 Å². The zero-order valence-corrected chi connectivity index (χ0v) is 6.22. The molecule has 0 bridgehead atoms. The Hall–Kier alpha value is 0.150. The summed E-state index contributed by atoms with van der Waals surface area (Å²) in [5.41, 5.74) is 0. The Balaban J connectivity index is 3.07. The first-order valence-electron chi connectivity index (χ1n) is 3.13. The van der Waals surface area contributed by atoms with Gasteiger partial charge in [0.2, 0.25) is 0 Å². The molecule has 3 heteroatoms. The lowest BCUT2D eigenvalue weighted by molar-refractivity contribution is 0.0830. The lowest BCUT2D eigenvalue weighted by Crippen LogP contribution is -2.04. The predicted molar refractivity (Wildman–Crippen MR) is 34.9 cm³/mol. The highest BCUT2D eigenvalue weighted by Crippen LogP contribution is 2.25. The highest BCUT2D eigenvalue weighted by Gasteiger charge is 2.22. The molecular weight excluding hydrogens is 146 g/mol. The molecule has 0 amide bonds. The first kappa shape index (κ1) is 9.15. The van der Waals surface area contributed by atoms with E-state index < -0.39 is 5.38 Å². The third-order valence-corrected chi connectivity index (χ3v) is 1.25. The maximum atomic E-state index is 11.8. The highest BCUT2D eigenvalue weighted by atomic mass is 35.5. The Morgan fingerprint density at radius 3 is 2.22 bits per heavy atom. The second-order valence-electron chi connectivity index (χ2n) is 2.07. The second kappa shape index (κ2) is 4.04. The van der Waals surface area contributed by atoms with Crippen molar-refractivity contribution in [3.05, 3.63) is 0 Å². The van der Waals surface area contributed by atoms with Crippen LogP contribution in [0.4, 0.5) is 8.78 Å². The van der Waals surface area contributed by atoms with Crippen molar-refractivity contribution in [2.75, 3.05) is 0 Å². The van der Waals surface area contributed by atoms with Crippen LogP contribution >= 0.6 is 11.6 Å². The molecule has 0 N–H and O–H groups in total. The number of alkyl halides is 3. The maximum Gasteiger partial charge on any atom is 0.321 e. The summed E-state index contributed by atoms with van der Waals surface area (Å²) < 4.78 is 23.6. The van der Waals surface area contributed by atoms with Crippen LogP contribution in [0.1, 0.15) is 32.6 Å². The van der Waals surface area contributed by atoms with Gasteiger partial charge in [0, 0.05) is 6.42 Å². The molecule has 0 aromatic rings.